The van der Waals surface area contributed by atoms with Crippen molar-refractivity contribution < 1.29 is 13.0 Å². The van der Waals surface area contributed by atoms with Gasteiger partial charge >= 0.3 is 0 Å². The first-order valence-electron chi connectivity index (χ1n) is 15.7. The predicted octanol–water partition coefficient (Wildman–Crippen LogP) is 8.19. The smallest absolute Gasteiger partial charge is 0.294 e. The molecule has 0 unspecified atom stereocenters. The third-order valence-corrected chi connectivity index (χ3v) is 9.54. The van der Waals surface area contributed by atoms with Gasteiger partial charge in [0.25, 0.3) is 10.1 Å². The fourth-order valence-electron chi connectivity index (χ4n) is 5.57. The lowest BCUT2D eigenvalue weighted by molar-refractivity contribution is 0.483. The number of halogens is 1. The summed E-state index contributed by atoms with van der Waals surface area (Å²) in [7, 11) is -4.22. The lowest BCUT2D eigenvalue weighted by Gasteiger charge is -2.11. The molecule has 240 valence electrons. The van der Waals surface area contributed by atoms with Gasteiger partial charge in [-0.3, -0.25) is 4.55 Å². The van der Waals surface area contributed by atoms with Crippen LogP contribution in [0.1, 0.15) is 48.9 Å². The lowest BCUT2D eigenvalue weighted by Crippen LogP contribution is -2.03. The fourth-order valence-corrected chi connectivity index (χ4v) is 6.27. The molecule has 10 nitrogen and oxygen atoms in total. The summed E-state index contributed by atoms with van der Waals surface area (Å²) < 4.78 is 35.2. The number of hydrogen-bond donors (Lipinski definition) is 2. The normalized spacial score (nSPS) is 14.5. The average molecular weight is 676 g/mol. The summed E-state index contributed by atoms with van der Waals surface area (Å²) in [6, 6.07) is 33.7. The quantitative estimate of drug-likeness (QED) is 0.128. The van der Waals surface area contributed by atoms with Gasteiger partial charge in [0.05, 0.1) is 27.7 Å². The molecule has 2 fully saturated rings. The van der Waals surface area contributed by atoms with Crippen molar-refractivity contribution in [3.8, 4) is 22.5 Å². The number of rotatable bonds is 7. The number of hydrogen-bond acceptors (Lipinski definition) is 7. The summed E-state index contributed by atoms with van der Waals surface area (Å²) in [4.78, 5) is 9.28. The first-order chi connectivity index (χ1) is 23.3. The van der Waals surface area contributed by atoms with Crippen LogP contribution in [0, 0.1) is 0 Å². The largest absolute Gasteiger partial charge is 0.340 e. The van der Waals surface area contributed by atoms with E-state index in [1.54, 1.807) is 21.2 Å². The van der Waals surface area contributed by atoms with Gasteiger partial charge in [-0.1, -0.05) is 72.3 Å². The van der Waals surface area contributed by atoms with Crippen molar-refractivity contribution >= 4 is 44.5 Å². The number of nitrogens with zero attached hydrogens (tertiary/aromatic N) is 6. The van der Waals surface area contributed by atoms with Crippen molar-refractivity contribution in [3.63, 3.8) is 0 Å². The summed E-state index contributed by atoms with van der Waals surface area (Å²) in [5, 5.41) is 13.1. The molecule has 2 saturated carbocycles. The number of benzene rings is 3. The Hall–Kier alpha value is -5.10. The van der Waals surface area contributed by atoms with Gasteiger partial charge < -0.3 is 5.32 Å². The van der Waals surface area contributed by atoms with Gasteiger partial charge in [0.15, 0.2) is 11.3 Å². The third kappa shape index (κ3) is 6.40. The molecule has 2 aliphatic rings. The van der Waals surface area contributed by atoms with E-state index in [9.17, 15) is 8.42 Å². The second kappa shape index (κ2) is 12.2. The Morgan fingerprint density at radius 1 is 0.667 bits per heavy atom. The molecule has 2 N–H and O–H groups in total. The number of nitrogens with one attached hydrogen (secondary N) is 1. The lowest BCUT2D eigenvalue weighted by atomic mass is 10.1. The van der Waals surface area contributed by atoms with E-state index in [1.807, 2.05) is 78.9 Å². The molecule has 0 bridgehead atoms. The standard InChI is InChI=1S/C21H18N4O3S.C15H12ClN3/c26-29(27,28)17-10-8-16(9-11-17)22-20-12-18(14-4-2-1-3-5-14)23-21-13-19(15-6-7-15)24-25(20)21;16-14-8-12(10-4-2-1-3-5-10)17-15-9-13(11-6-7-11)18-19(14)15/h1-5,8-13,15,22H,6-7H2,(H,26,27,28);1-5,8-9,11H,6-7H2. The minimum atomic E-state index is -4.22. The van der Waals surface area contributed by atoms with E-state index in [0.29, 0.717) is 22.7 Å². The zero-order chi connectivity index (χ0) is 32.8. The molecular weight excluding hydrogens is 646 g/mol. The van der Waals surface area contributed by atoms with E-state index < -0.39 is 10.1 Å². The second-order valence-electron chi connectivity index (χ2n) is 12.1. The van der Waals surface area contributed by atoms with E-state index in [2.05, 4.69) is 21.5 Å². The Morgan fingerprint density at radius 3 is 1.69 bits per heavy atom. The topological polar surface area (TPSA) is 127 Å². The maximum atomic E-state index is 11.3. The van der Waals surface area contributed by atoms with Crippen LogP contribution in [0.3, 0.4) is 0 Å². The van der Waals surface area contributed by atoms with Crippen LogP contribution >= 0.6 is 11.6 Å². The highest BCUT2D eigenvalue weighted by molar-refractivity contribution is 7.85. The van der Waals surface area contributed by atoms with Crippen LogP contribution in [0.25, 0.3) is 33.8 Å². The molecule has 0 spiro atoms. The molecule has 4 heterocycles. The van der Waals surface area contributed by atoms with Crippen molar-refractivity contribution in [3.05, 3.63) is 126 Å². The van der Waals surface area contributed by atoms with Gasteiger partial charge in [-0.2, -0.15) is 23.1 Å². The summed E-state index contributed by atoms with van der Waals surface area (Å²) in [6.45, 7) is 0. The van der Waals surface area contributed by atoms with Crippen LogP contribution in [0.15, 0.2) is 114 Å². The van der Waals surface area contributed by atoms with Crippen LogP contribution in [0.4, 0.5) is 11.5 Å². The van der Waals surface area contributed by atoms with Gasteiger partial charge in [0.2, 0.25) is 0 Å². The third-order valence-electron chi connectivity index (χ3n) is 8.40. The molecule has 0 aliphatic heterocycles. The Bertz CT molecular complexity index is 2370. The van der Waals surface area contributed by atoms with E-state index in [1.165, 1.54) is 25.0 Å². The molecule has 48 heavy (non-hydrogen) atoms. The molecule has 0 saturated heterocycles. The minimum Gasteiger partial charge on any atom is -0.340 e. The monoisotopic (exact) mass is 675 g/mol. The molecule has 7 aromatic rings. The fraction of sp³-hybridized carbons (Fsp3) is 0.167. The van der Waals surface area contributed by atoms with Crippen molar-refractivity contribution in [2.45, 2.75) is 42.4 Å². The maximum absolute atomic E-state index is 11.3. The number of fused-ring (bicyclic) bond motifs is 2. The van der Waals surface area contributed by atoms with E-state index in [4.69, 9.17) is 26.2 Å². The van der Waals surface area contributed by atoms with Gasteiger partial charge in [-0.05, 0) is 49.9 Å². The van der Waals surface area contributed by atoms with Crippen molar-refractivity contribution in [2.75, 3.05) is 5.32 Å². The molecule has 2 aliphatic carbocycles. The SMILES string of the molecule is Clc1cc(-c2ccccc2)nc2cc(C3CC3)nn12.O=S(=O)(O)c1ccc(Nc2cc(-c3ccccc3)nc3cc(C4CC4)nn23)cc1. The van der Waals surface area contributed by atoms with Gasteiger partial charge in [0.1, 0.15) is 11.0 Å². The highest BCUT2D eigenvalue weighted by Crippen LogP contribution is 2.41. The molecule has 0 radical (unpaired) electrons. The van der Waals surface area contributed by atoms with Crippen molar-refractivity contribution in [1.29, 1.82) is 0 Å². The van der Waals surface area contributed by atoms with Crippen LogP contribution in [-0.2, 0) is 10.1 Å². The summed E-state index contributed by atoms with van der Waals surface area (Å²) in [5.74, 6) is 1.83. The summed E-state index contributed by atoms with van der Waals surface area (Å²) in [6.07, 6.45) is 4.75. The molecule has 0 atom stereocenters. The van der Waals surface area contributed by atoms with Crippen LogP contribution in [0.5, 0.6) is 0 Å². The van der Waals surface area contributed by atoms with E-state index in [0.717, 1.165) is 63.9 Å². The molecule has 0 amide bonds. The molecular formula is C36H30ClN7O3S. The average Bonchev–Trinajstić information content (AvgIpc) is 4.04. The molecule has 4 aromatic heterocycles. The van der Waals surface area contributed by atoms with Crippen molar-refractivity contribution in [2.24, 2.45) is 0 Å². The van der Waals surface area contributed by atoms with E-state index in [-0.39, 0.29) is 4.90 Å². The summed E-state index contributed by atoms with van der Waals surface area (Å²) >= 11 is 6.31. The van der Waals surface area contributed by atoms with Gasteiger partial charge in [0, 0.05) is 52.9 Å². The predicted molar refractivity (Wildman–Crippen MR) is 185 cm³/mol. The number of anilines is 2. The van der Waals surface area contributed by atoms with Crippen molar-refractivity contribution in [1.82, 2.24) is 29.2 Å². The Kier molecular flexibility index (Phi) is 7.67. The Morgan fingerprint density at radius 2 is 1.17 bits per heavy atom. The highest BCUT2D eigenvalue weighted by atomic mass is 35.5. The first-order valence-corrected chi connectivity index (χ1v) is 17.5. The van der Waals surface area contributed by atoms with Gasteiger partial charge in [-0.25, -0.2) is 14.5 Å². The second-order valence-corrected chi connectivity index (χ2v) is 13.9. The Labute approximate surface area is 281 Å². The Balaban J connectivity index is 0.000000153. The zero-order valence-electron chi connectivity index (χ0n) is 25.6. The minimum absolute atomic E-state index is 0.150. The zero-order valence-corrected chi connectivity index (χ0v) is 27.2. The molecule has 3 aromatic carbocycles. The van der Waals surface area contributed by atoms with Crippen LogP contribution in [-0.4, -0.2) is 42.2 Å². The molecule has 12 heteroatoms. The van der Waals surface area contributed by atoms with Crippen LogP contribution in [0.2, 0.25) is 5.15 Å². The highest BCUT2D eigenvalue weighted by Gasteiger charge is 2.28. The van der Waals surface area contributed by atoms with Gasteiger partial charge in [-0.15, -0.1) is 0 Å². The van der Waals surface area contributed by atoms with E-state index >= 15 is 0 Å². The number of aromatic nitrogens is 6. The summed E-state index contributed by atoms with van der Waals surface area (Å²) in [5.41, 5.74) is 8.17. The van der Waals surface area contributed by atoms with Crippen LogP contribution < -0.4 is 5.32 Å². The first kappa shape index (κ1) is 30.2. The maximum Gasteiger partial charge on any atom is 0.294 e. The molecule has 9 rings (SSSR count).